The zero-order chi connectivity index (χ0) is 10.8. The molecule has 0 aromatic rings. The van der Waals surface area contributed by atoms with Crippen LogP contribution in [0.1, 0.15) is 52.4 Å². The molecule has 0 rings (SSSR count). The van der Waals surface area contributed by atoms with E-state index in [1.165, 1.54) is 6.42 Å². The van der Waals surface area contributed by atoms with Gasteiger partial charge in [-0.2, -0.15) is 0 Å². The third-order valence-corrected chi connectivity index (χ3v) is 2.20. The van der Waals surface area contributed by atoms with E-state index in [-0.39, 0.29) is 5.91 Å². The van der Waals surface area contributed by atoms with Crippen molar-refractivity contribution in [2.75, 3.05) is 6.54 Å². The van der Waals surface area contributed by atoms with Crippen LogP contribution in [0, 0.1) is 12.8 Å². The van der Waals surface area contributed by atoms with Crippen molar-refractivity contribution >= 4 is 5.91 Å². The van der Waals surface area contributed by atoms with E-state index in [1.807, 2.05) is 0 Å². The van der Waals surface area contributed by atoms with Gasteiger partial charge in [-0.25, -0.2) is 0 Å². The van der Waals surface area contributed by atoms with Gasteiger partial charge in [0.25, 0.3) is 0 Å². The van der Waals surface area contributed by atoms with E-state index in [2.05, 4.69) is 26.1 Å². The summed E-state index contributed by atoms with van der Waals surface area (Å²) in [6.07, 6.45) is 6.18. The van der Waals surface area contributed by atoms with Crippen LogP contribution in [0.3, 0.4) is 0 Å². The number of carbonyl (C=O) groups excluding carboxylic acids is 1. The molecule has 2 nitrogen and oxygen atoms in total. The summed E-state index contributed by atoms with van der Waals surface area (Å²) in [5, 5.41) is 2.93. The number of rotatable bonds is 8. The smallest absolute Gasteiger partial charge is 0.219 e. The van der Waals surface area contributed by atoms with Gasteiger partial charge < -0.3 is 5.32 Å². The fourth-order valence-corrected chi connectivity index (χ4v) is 1.30. The molecule has 1 amide bonds. The van der Waals surface area contributed by atoms with Crippen LogP contribution in [-0.4, -0.2) is 12.5 Å². The highest BCUT2D eigenvalue weighted by molar-refractivity contribution is 5.75. The monoisotopic (exact) mass is 198 g/mol. The highest BCUT2D eigenvalue weighted by atomic mass is 16.1. The SMILES string of the molecule is [CH2]C(C)CCCNC(=O)CCCCC. The Morgan fingerprint density at radius 2 is 2.07 bits per heavy atom. The molecule has 0 aliphatic heterocycles. The Morgan fingerprint density at radius 3 is 2.64 bits per heavy atom. The third kappa shape index (κ3) is 9.56. The molecule has 0 aromatic heterocycles. The van der Waals surface area contributed by atoms with Crippen molar-refractivity contribution in [2.45, 2.75) is 52.4 Å². The predicted octanol–water partition coefficient (Wildman–Crippen LogP) is 2.93. The minimum Gasteiger partial charge on any atom is -0.356 e. The first-order chi connectivity index (χ1) is 6.66. The first kappa shape index (κ1) is 13.5. The van der Waals surface area contributed by atoms with Gasteiger partial charge in [0.1, 0.15) is 0 Å². The van der Waals surface area contributed by atoms with E-state index >= 15 is 0 Å². The number of hydrogen-bond donors (Lipinski definition) is 1. The van der Waals surface area contributed by atoms with Crippen LogP contribution < -0.4 is 5.32 Å². The Hall–Kier alpha value is -0.530. The summed E-state index contributed by atoms with van der Waals surface area (Å²) in [7, 11) is 0. The molecule has 2 heteroatoms. The van der Waals surface area contributed by atoms with Gasteiger partial charge in [0, 0.05) is 13.0 Å². The lowest BCUT2D eigenvalue weighted by Gasteiger charge is -2.06. The topological polar surface area (TPSA) is 29.1 Å². The maximum Gasteiger partial charge on any atom is 0.219 e. The van der Waals surface area contributed by atoms with E-state index in [0.717, 1.165) is 32.2 Å². The van der Waals surface area contributed by atoms with Crippen molar-refractivity contribution in [3.05, 3.63) is 6.92 Å². The first-order valence-corrected chi connectivity index (χ1v) is 5.76. The number of unbranched alkanes of at least 4 members (excludes halogenated alkanes) is 2. The summed E-state index contributed by atoms with van der Waals surface area (Å²) < 4.78 is 0. The van der Waals surface area contributed by atoms with Crippen molar-refractivity contribution in [2.24, 2.45) is 5.92 Å². The lowest BCUT2D eigenvalue weighted by Crippen LogP contribution is -2.24. The lowest BCUT2D eigenvalue weighted by molar-refractivity contribution is -0.121. The average Bonchev–Trinajstić information content (AvgIpc) is 2.13. The summed E-state index contributed by atoms with van der Waals surface area (Å²) >= 11 is 0. The Balaban J connectivity index is 3.18. The van der Waals surface area contributed by atoms with E-state index < -0.39 is 0 Å². The molecule has 1 N–H and O–H groups in total. The van der Waals surface area contributed by atoms with Gasteiger partial charge in [-0.15, -0.1) is 0 Å². The standard InChI is InChI=1S/C12H24NO/c1-4-5-6-9-12(14)13-10-7-8-11(2)3/h11H,2,4-10H2,1,3H3,(H,13,14). The Bertz CT molecular complexity index is 143. The number of nitrogens with one attached hydrogen (secondary N) is 1. The molecule has 0 spiro atoms. The summed E-state index contributed by atoms with van der Waals surface area (Å²) in [5.74, 6) is 0.696. The summed E-state index contributed by atoms with van der Waals surface area (Å²) in [6, 6.07) is 0. The second-order valence-electron chi connectivity index (χ2n) is 4.05. The normalized spacial score (nSPS) is 10.6. The molecule has 0 bridgehead atoms. The largest absolute Gasteiger partial charge is 0.356 e. The van der Waals surface area contributed by atoms with Gasteiger partial charge in [0.05, 0.1) is 0 Å². The Kier molecular flexibility index (Phi) is 8.70. The van der Waals surface area contributed by atoms with Crippen LogP contribution in [0.5, 0.6) is 0 Å². The highest BCUT2D eigenvalue weighted by Crippen LogP contribution is 2.02. The van der Waals surface area contributed by atoms with Gasteiger partial charge >= 0.3 is 0 Å². The molecule has 0 aliphatic carbocycles. The van der Waals surface area contributed by atoms with Crippen LogP contribution in [0.25, 0.3) is 0 Å². The molecule has 14 heavy (non-hydrogen) atoms. The van der Waals surface area contributed by atoms with E-state index in [1.54, 1.807) is 0 Å². The Labute approximate surface area is 88.5 Å². The van der Waals surface area contributed by atoms with Gasteiger partial charge in [-0.3, -0.25) is 4.79 Å². The molecule has 1 radical (unpaired) electrons. The first-order valence-electron chi connectivity index (χ1n) is 5.76. The van der Waals surface area contributed by atoms with Crippen molar-refractivity contribution in [1.82, 2.24) is 5.32 Å². The van der Waals surface area contributed by atoms with Crippen molar-refractivity contribution < 1.29 is 4.79 Å². The third-order valence-electron chi connectivity index (χ3n) is 2.20. The number of hydrogen-bond acceptors (Lipinski definition) is 1. The average molecular weight is 198 g/mol. The van der Waals surface area contributed by atoms with Gasteiger partial charge in [-0.1, -0.05) is 33.6 Å². The molecular formula is C12H24NO. The zero-order valence-corrected chi connectivity index (χ0v) is 9.64. The summed E-state index contributed by atoms with van der Waals surface area (Å²) in [6.45, 7) is 8.96. The fourth-order valence-electron chi connectivity index (χ4n) is 1.30. The zero-order valence-electron chi connectivity index (χ0n) is 9.64. The van der Waals surface area contributed by atoms with Crippen LogP contribution in [-0.2, 0) is 4.79 Å². The maximum absolute atomic E-state index is 11.2. The summed E-state index contributed by atoms with van der Waals surface area (Å²) in [4.78, 5) is 11.2. The van der Waals surface area contributed by atoms with Gasteiger partial charge in [-0.05, 0) is 25.2 Å². The quantitative estimate of drug-likeness (QED) is 0.597. The molecule has 0 aliphatic rings. The van der Waals surface area contributed by atoms with Crippen molar-refractivity contribution in [3.63, 3.8) is 0 Å². The van der Waals surface area contributed by atoms with Crippen LogP contribution in [0.2, 0.25) is 0 Å². The van der Waals surface area contributed by atoms with E-state index in [4.69, 9.17) is 0 Å². The fraction of sp³-hybridized carbons (Fsp3) is 0.833. The van der Waals surface area contributed by atoms with Gasteiger partial charge in [0.15, 0.2) is 0 Å². The van der Waals surface area contributed by atoms with E-state index in [9.17, 15) is 4.79 Å². The van der Waals surface area contributed by atoms with Crippen LogP contribution in [0.15, 0.2) is 0 Å². The van der Waals surface area contributed by atoms with Crippen molar-refractivity contribution in [1.29, 1.82) is 0 Å². The molecule has 0 aromatic carbocycles. The molecule has 0 heterocycles. The Morgan fingerprint density at radius 1 is 1.36 bits per heavy atom. The molecule has 83 valence electrons. The molecule has 1 unspecified atom stereocenters. The van der Waals surface area contributed by atoms with Crippen LogP contribution in [0.4, 0.5) is 0 Å². The molecule has 1 atom stereocenters. The lowest BCUT2D eigenvalue weighted by atomic mass is 10.1. The molecule has 0 saturated heterocycles. The van der Waals surface area contributed by atoms with Crippen molar-refractivity contribution in [3.8, 4) is 0 Å². The highest BCUT2D eigenvalue weighted by Gasteiger charge is 2.00. The maximum atomic E-state index is 11.2. The molecule has 0 fully saturated rings. The molecule has 0 saturated carbocycles. The summed E-state index contributed by atoms with van der Waals surface area (Å²) in [5.41, 5.74) is 0. The predicted molar refractivity (Wildman–Crippen MR) is 60.9 cm³/mol. The van der Waals surface area contributed by atoms with E-state index in [0.29, 0.717) is 12.3 Å². The number of amides is 1. The minimum absolute atomic E-state index is 0.204. The second-order valence-corrected chi connectivity index (χ2v) is 4.05. The number of carbonyl (C=O) groups is 1. The minimum atomic E-state index is 0.204. The second kappa shape index (κ2) is 9.04. The van der Waals surface area contributed by atoms with Crippen LogP contribution >= 0.6 is 0 Å². The molecular weight excluding hydrogens is 174 g/mol. The van der Waals surface area contributed by atoms with Gasteiger partial charge in [0.2, 0.25) is 5.91 Å².